The molecule has 4 saturated carbocycles. The summed E-state index contributed by atoms with van der Waals surface area (Å²) in [5.41, 5.74) is -0.301. The zero-order valence-corrected chi connectivity index (χ0v) is 17.1. The first-order valence-electron chi connectivity index (χ1n) is 11.1. The summed E-state index contributed by atoms with van der Waals surface area (Å²) < 4.78 is 5.14. The third-order valence-corrected chi connectivity index (χ3v) is 9.92. The quantitative estimate of drug-likeness (QED) is 0.599. The van der Waals surface area contributed by atoms with Gasteiger partial charge in [-0.05, 0) is 73.7 Å². The van der Waals surface area contributed by atoms with Crippen LogP contribution < -0.4 is 0 Å². The first-order valence-corrected chi connectivity index (χ1v) is 11.1. The zero-order chi connectivity index (χ0) is 19.9. The van der Waals surface area contributed by atoms with Crippen LogP contribution in [0.4, 0.5) is 0 Å². The average molecular weight is 391 g/mol. The van der Waals surface area contributed by atoms with E-state index in [9.17, 15) is 20.1 Å². The molecular formula is C23H34O5. The van der Waals surface area contributed by atoms with Crippen molar-refractivity contribution >= 4 is 5.97 Å². The fraction of sp³-hybridized carbons (Fsp3) is 0.870. The summed E-state index contributed by atoms with van der Waals surface area (Å²) in [5.74, 6) is 0.627. The molecule has 156 valence electrons. The fourth-order valence-corrected chi connectivity index (χ4v) is 8.47. The summed E-state index contributed by atoms with van der Waals surface area (Å²) in [6.07, 6.45) is 7.87. The molecule has 4 aliphatic carbocycles. The maximum Gasteiger partial charge on any atom is 0.331 e. The zero-order valence-electron chi connectivity index (χ0n) is 17.1. The van der Waals surface area contributed by atoms with Gasteiger partial charge in [0.1, 0.15) is 6.61 Å². The second-order valence-electron chi connectivity index (χ2n) is 10.9. The number of rotatable bonds is 1. The monoisotopic (exact) mass is 390 g/mol. The van der Waals surface area contributed by atoms with Gasteiger partial charge in [0.15, 0.2) is 0 Å². The third kappa shape index (κ3) is 2.33. The number of cyclic esters (lactones) is 1. The molecule has 4 fully saturated rings. The van der Waals surface area contributed by atoms with E-state index in [0.717, 1.165) is 50.5 Å². The van der Waals surface area contributed by atoms with Crippen molar-refractivity contribution in [1.29, 1.82) is 0 Å². The van der Waals surface area contributed by atoms with Crippen LogP contribution in [-0.4, -0.2) is 45.7 Å². The van der Waals surface area contributed by atoms with E-state index in [0.29, 0.717) is 18.3 Å². The van der Waals surface area contributed by atoms with Gasteiger partial charge in [0.2, 0.25) is 0 Å². The van der Waals surface area contributed by atoms with Gasteiger partial charge < -0.3 is 20.1 Å². The number of carbonyl (C=O) groups excluding carboxylic acids is 1. The molecule has 5 nitrogen and oxygen atoms in total. The van der Waals surface area contributed by atoms with Crippen LogP contribution in [0.1, 0.15) is 65.2 Å². The van der Waals surface area contributed by atoms with Gasteiger partial charge in [-0.25, -0.2) is 4.79 Å². The summed E-state index contributed by atoms with van der Waals surface area (Å²) in [6.45, 7) is 4.77. The second kappa shape index (κ2) is 6.05. The van der Waals surface area contributed by atoms with Crippen LogP contribution >= 0.6 is 0 Å². The van der Waals surface area contributed by atoms with E-state index in [2.05, 4.69) is 13.8 Å². The first kappa shape index (κ1) is 19.1. The van der Waals surface area contributed by atoms with Crippen LogP contribution in [-0.2, 0) is 9.53 Å². The van der Waals surface area contributed by atoms with E-state index < -0.39 is 17.1 Å². The first-order chi connectivity index (χ1) is 13.2. The number of aliphatic hydroxyl groups excluding tert-OH is 2. The van der Waals surface area contributed by atoms with Crippen molar-refractivity contribution in [3.8, 4) is 0 Å². The van der Waals surface area contributed by atoms with Crippen molar-refractivity contribution in [1.82, 2.24) is 0 Å². The lowest BCUT2D eigenvalue weighted by Gasteiger charge is -2.63. The van der Waals surface area contributed by atoms with Crippen molar-refractivity contribution in [2.75, 3.05) is 6.61 Å². The molecule has 0 aromatic rings. The van der Waals surface area contributed by atoms with Crippen molar-refractivity contribution in [2.24, 2.45) is 34.5 Å². The number of aliphatic hydroxyl groups is 3. The van der Waals surface area contributed by atoms with E-state index in [1.54, 1.807) is 0 Å². The van der Waals surface area contributed by atoms with Crippen LogP contribution in [0.5, 0.6) is 0 Å². The molecule has 0 aromatic carbocycles. The van der Waals surface area contributed by atoms with Crippen LogP contribution in [0.15, 0.2) is 11.6 Å². The maximum absolute atomic E-state index is 12.1. The lowest BCUT2D eigenvalue weighted by Crippen LogP contribution is -2.62. The smallest absolute Gasteiger partial charge is 0.331 e. The summed E-state index contributed by atoms with van der Waals surface area (Å²) in [7, 11) is 0. The summed E-state index contributed by atoms with van der Waals surface area (Å²) in [6, 6.07) is 0. The normalized spacial score (nSPS) is 55.8. The lowest BCUT2D eigenvalue weighted by atomic mass is 9.43. The third-order valence-electron chi connectivity index (χ3n) is 9.92. The predicted octanol–water partition coefficient (Wildman–Crippen LogP) is 2.58. The molecular weight excluding hydrogens is 356 g/mol. The molecule has 0 saturated heterocycles. The lowest BCUT2D eigenvalue weighted by molar-refractivity contribution is -0.208. The highest BCUT2D eigenvalue weighted by Crippen LogP contribution is 2.69. The van der Waals surface area contributed by atoms with E-state index in [-0.39, 0.29) is 35.9 Å². The number of hydrogen-bond donors (Lipinski definition) is 3. The SMILES string of the molecule is C[C@]12CC[C@H](O)C[C@@H]1CC[C@@H]1[C@@H]2CC[C@]2(C)[C@@H](C3=CC(=O)OC3)[C@@H](O)C[C@@]12O. The average Bonchev–Trinajstić information content (AvgIpc) is 3.13. The summed E-state index contributed by atoms with van der Waals surface area (Å²) >= 11 is 0. The Balaban J connectivity index is 1.50. The number of carbonyl (C=O) groups is 1. The Morgan fingerprint density at radius 2 is 1.86 bits per heavy atom. The minimum absolute atomic E-state index is 0.170. The van der Waals surface area contributed by atoms with Crippen molar-refractivity contribution in [3.63, 3.8) is 0 Å². The highest BCUT2D eigenvalue weighted by Gasteiger charge is 2.70. The molecule has 28 heavy (non-hydrogen) atoms. The molecule has 1 aliphatic heterocycles. The topological polar surface area (TPSA) is 87.0 Å². The molecule has 0 spiro atoms. The Labute approximate surface area is 167 Å². The Hall–Kier alpha value is -0.910. The Kier molecular flexibility index (Phi) is 4.12. The highest BCUT2D eigenvalue weighted by molar-refractivity contribution is 5.85. The van der Waals surface area contributed by atoms with E-state index in [4.69, 9.17) is 4.74 Å². The van der Waals surface area contributed by atoms with Crippen molar-refractivity contribution < 1.29 is 24.9 Å². The molecule has 0 aromatic heterocycles. The number of fused-ring (bicyclic) bond motifs is 5. The Morgan fingerprint density at radius 3 is 2.57 bits per heavy atom. The second-order valence-corrected chi connectivity index (χ2v) is 10.9. The molecule has 9 atom stereocenters. The predicted molar refractivity (Wildman–Crippen MR) is 103 cm³/mol. The van der Waals surface area contributed by atoms with Gasteiger partial charge in [-0.3, -0.25) is 0 Å². The van der Waals surface area contributed by atoms with Gasteiger partial charge >= 0.3 is 5.97 Å². The van der Waals surface area contributed by atoms with Gasteiger partial charge in [-0.1, -0.05) is 13.8 Å². The van der Waals surface area contributed by atoms with Crippen molar-refractivity contribution in [3.05, 3.63) is 11.6 Å². The van der Waals surface area contributed by atoms with Crippen LogP contribution in [0.3, 0.4) is 0 Å². The van der Waals surface area contributed by atoms with Crippen LogP contribution in [0, 0.1) is 34.5 Å². The minimum Gasteiger partial charge on any atom is -0.458 e. The van der Waals surface area contributed by atoms with Crippen LogP contribution in [0.2, 0.25) is 0 Å². The van der Waals surface area contributed by atoms with Gasteiger partial charge in [0, 0.05) is 23.8 Å². The number of ether oxygens (including phenoxy) is 1. The van der Waals surface area contributed by atoms with Gasteiger partial charge in [0.25, 0.3) is 0 Å². The number of hydrogen-bond acceptors (Lipinski definition) is 5. The van der Waals surface area contributed by atoms with Crippen LogP contribution in [0.25, 0.3) is 0 Å². The molecule has 0 radical (unpaired) electrons. The molecule has 0 bridgehead atoms. The van der Waals surface area contributed by atoms with Gasteiger partial charge in [-0.2, -0.15) is 0 Å². The summed E-state index contributed by atoms with van der Waals surface area (Å²) in [4.78, 5) is 11.7. The Bertz CT molecular complexity index is 718. The highest BCUT2D eigenvalue weighted by atomic mass is 16.5. The number of esters is 1. The fourth-order valence-electron chi connectivity index (χ4n) is 8.47. The van der Waals surface area contributed by atoms with Crippen molar-refractivity contribution in [2.45, 2.75) is 83.0 Å². The minimum atomic E-state index is -0.906. The van der Waals surface area contributed by atoms with E-state index in [1.807, 2.05) is 0 Å². The molecule has 3 N–H and O–H groups in total. The molecule has 1 heterocycles. The molecule has 5 heteroatoms. The molecule has 5 aliphatic rings. The van der Waals surface area contributed by atoms with Gasteiger partial charge in [-0.15, -0.1) is 0 Å². The molecule has 0 amide bonds. The standard InChI is InChI=1S/C23H34O5/c1-21-7-5-15(24)10-14(21)3-4-17-16(21)6-8-22(2)20(13-9-19(26)28-12-13)18(25)11-23(17,22)27/h9,14-18,20,24-25,27H,3-8,10-12H2,1-2H3/t14-,15-,16-,17+,18-,20-,21-,22+,23+/m0/s1. The maximum atomic E-state index is 12.1. The van der Waals surface area contributed by atoms with E-state index >= 15 is 0 Å². The Morgan fingerprint density at radius 1 is 1.07 bits per heavy atom. The molecule has 5 rings (SSSR count). The summed E-state index contributed by atoms with van der Waals surface area (Å²) in [5, 5.41) is 33.3. The molecule has 0 unspecified atom stereocenters. The van der Waals surface area contributed by atoms with E-state index in [1.165, 1.54) is 6.08 Å². The largest absolute Gasteiger partial charge is 0.458 e. The van der Waals surface area contributed by atoms with Gasteiger partial charge in [0.05, 0.1) is 17.8 Å².